The normalized spacial score (nSPS) is 22.5. The zero-order valence-electron chi connectivity index (χ0n) is 13.7. The molecular weight excluding hydrogens is 375 g/mol. The van der Waals surface area contributed by atoms with Crippen LogP contribution in [0.3, 0.4) is 0 Å². The minimum absolute atomic E-state index is 0.110. The zero-order valence-corrected chi connectivity index (χ0v) is 16.0. The maximum absolute atomic E-state index is 12.3. The van der Waals surface area contributed by atoms with Crippen LogP contribution in [0.5, 0.6) is 5.75 Å². The van der Waals surface area contributed by atoms with Crippen LogP contribution in [-0.2, 0) is 14.9 Å². The number of rotatable bonds is 7. The molecule has 0 spiro atoms. The third-order valence-corrected chi connectivity index (χ3v) is 5.56. The topological polar surface area (TPSA) is 67.9 Å². The van der Waals surface area contributed by atoms with Gasteiger partial charge in [-0.05, 0) is 38.5 Å². The predicted molar refractivity (Wildman–Crippen MR) is 95.1 cm³/mol. The van der Waals surface area contributed by atoms with Gasteiger partial charge in [0.05, 0.1) is 23.8 Å². The lowest BCUT2D eigenvalue weighted by atomic mass is 10.3. The van der Waals surface area contributed by atoms with Crippen LogP contribution in [0.25, 0.3) is 0 Å². The summed E-state index contributed by atoms with van der Waals surface area (Å²) in [6, 6.07) is 4.97. The molecule has 0 saturated carbocycles. The molecule has 9 heteroatoms. The second-order valence-electron chi connectivity index (χ2n) is 5.75. The van der Waals surface area contributed by atoms with Gasteiger partial charge in [0.15, 0.2) is 0 Å². The van der Waals surface area contributed by atoms with E-state index in [2.05, 4.69) is 4.72 Å². The van der Waals surface area contributed by atoms with Crippen molar-refractivity contribution in [2.45, 2.75) is 32.5 Å². The van der Waals surface area contributed by atoms with E-state index in [-0.39, 0.29) is 18.8 Å². The largest absolute Gasteiger partial charge is 0.492 e. The molecular formula is C15H22Cl2N2O4S. The van der Waals surface area contributed by atoms with Gasteiger partial charge in [0, 0.05) is 24.7 Å². The first-order valence-corrected chi connectivity index (χ1v) is 9.95. The van der Waals surface area contributed by atoms with Crippen molar-refractivity contribution in [1.29, 1.82) is 0 Å². The highest BCUT2D eigenvalue weighted by Gasteiger charge is 2.30. The first-order valence-electron chi connectivity index (χ1n) is 7.76. The van der Waals surface area contributed by atoms with Gasteiger partial charge in [-0.2, -0.15) is 12.7 Å². The summed E-state index contributed by atoms with van der Waals surface area (Å²) < 4.78 is 39.7. The Bertz CT molecular complexity index is 647. The monoisotopic (exact) mass is 396 g/mol. The minimum Gasteiger partial charge on any atom is -0.492 e. The lowest BCUT2D eigenvalue weighted by molar-refractivity contribution is -0.0443. The molecule has 1 aliphatic heterocycles. The molecule has 0 aromatic heterocycles. The fourth-order valence-electron chi connectivity index (χ4n) is 2.47. The molecule has 6 nitrogen and oxygen atoms in total. The van der Waals surface area contributed by atoms with E-state index < -0.39 is 10.2 Å². The number of benzene rings is 1. The summed E-state index contributed by atoms with van der Waals surface area (Å²) in [5.41, 5.74) is 0. The minimum atomic E-state index is -3.50. The van der Waals surface area contributed by atoms with E-state index in [0.29, 0.717) is 41.9 Å². The molecule has 2 rings (SSSR count). The maximum Gasteiger partial charge on any atom is 0.279 e. The van der Waals surface area contributed by atoms with Crippen molar-refractivity contribution in [3.63, 3.8) is 0 Å². The van der Waals surface area contributed by atoms with Gasteiger partial charge in [-0.25, -0.2) is 4.72 Å². The quantitative estimate of drug-likeness (QED) is 0.719. The summed E-state index contributed by atoms with van der Waals surface area (Å²) in [5.74, 6) is 0.528. The number of nitrogens with zero attached hydrogens (tertiary/aromatic N) is 1. The van der Waals surface area contributed by atoms with Crippen molar-refractivity contribution in [2.75, 3.05) is 26.2 Å². The third kappa shape index (κ3) is 5.75. The molecule has 1 fully saturated rings. The number of nitrogens with one attached hydrogen (secondary N) is 1. The molecule has 24 heavy (non-hydrogen) atoms. The highest BCUT2D eigenvalue weighted by atomic mass is 35.5. The van der Waals surface area contributed by atoms with E-state index in [9.17, 15) is 8.42 Å². The molecule has 2 unspecified atom stereocenters. The lowest BCUT2D eigenvalue weighted by Gasteiger charge is -2.34. The fourth-order valence-corrected chi connectivity index (χ4v) is 4.33. The summed E-state index contributed by atoms with van der Waals surface area (Å²) in [7, 11) is -3.50. The Morgan fingerprint density at radius 3 is 2.58 bits per heavy atom. The second-order valence-corrected chi connectivity index (χ2v) is 8.35. The van der Waals surface area contributed by atoms with Gasteiger partial charge in [-0.15, -0.1) is 0 Å². The van der Waals surface area contributed by atoms with Gasteiger partial charge in [-0.1, -0.05) is 23.2 Å². The number of morpholine rings is 1. The molecule has 1 aliphatic rings. The van der Waals surface area contributed by atoms with Crippen LogP contribution >= 0.6 is 23.2 Å². The van der Waals surface area contributed by atoms with Crippen molar-refractivity contribution < 1.29 is 17.9 Å². The average molecular weight is 397 g/mol. The van der Waals surface area contributed by atoms with Crippen molar-refractivity contribution in [3.05, 3.63) is 28.2 Å². The zero-order chi connectivity index (χ0) is 17.7. The Kier molecular flexibility index (Phi) is 7.15. The number of hydrogen-bond donors (Lipinski definition) is 1. The second kappa shape index (κ2) is 8.69. The highest BCUT2D eigenvalue weighted by Crippen LogP contribution is 2.27. The first-order chi connectivity index (χ1) is 11.3. The molecule has 1 aromatic carbocycles. The van der Waals surface area contributed by atoms with Gasteiger partial charge in [-0.3, -0.25) is 0 Å². The van der Waals surface area contributed by atoms with Crippen LogP contribution in [0.4, 0.5) is 0 Å². The number of ether oxygens (including phenoxy) is 2. The van der Waals surface area contributed by atoms with Crippen LogP contribution in [-0.4, -0.2) is 51.2 Å². The summed E-state index contributed by atoms with van der Waals surface area (Å²) >= 11 is 11.8. The van der Waals surface area contributed by atoms with Gasteiger partial charge < -0.3 is 9.47 Å². The first kappa shape index (κ1) is 19.8. The standard InChI is InChI=1S/C15H22Cl2N2O4S/c1-11-9-19(10-12(2)23-11)24(20,21)18-6-3-7-22-15-5-4-13(16)8-14(15)17/h4-5,8,11-12,18H,3,6-7,9-10H2,1-2H3. The highest BCUT2D eigenvalue weighted by molar-refractivity contribution is 7.87. The smallest absolute Gasteiger partial charge is 0.279 e. The van der Waals surface area contributed by atoms with Crippen LogP contribution in [0, 0.1) is 0 Å². The van der Waals surface area contributed by atoms with E-state index >= 15 is 0 Å². The van der Waals surface area contributed by atoms with Crippen LogP contribution < -0.4 is 9.46 Å². The molecule has 136 valence electrons. The van der Waals surface area contributed by atoms with Crippen LogP contribution in [0.2, 0.25) is 10.0 Å². The van der Waals surface area contributed by atoms with E-state index in [4.69, 9.17) is 32.7 Å². The Labute approximate surface area is 153 Å². The summed E-state index contributed by atoms with van der Waals surface area (Å²) in [5, 5.41) is 0.966. The molecule has 0 aliphatic carbocycles. The number of halogens is 2. The van der Waals surface area contributed by atoms with Gasteiger partial charge in [0.1, 0.15) is 5.75 Å². The Balaban J connectivity index is 1.75. The van der Waals surface area contributed by atoms with E-state index in [1.165, 1.54) is 4.31 Å². The Morgan fingerprint density at radius 2 is 1.96 bits per heavy atom. The molecule has 0 bridgehead atoms. The van der Waals surface area contributed by atoms with Crippen LogP contribution in [0.15, 0.2) is 18.2 Å². The molecule has 1 aromatic rings. The molecule has 1 heterocycles. The maximum atomic E-state index is 12.3. The predicted octanol–water partition coefficient (Wildman–Crippen LogP) is 2.71. The fraction of sp³-hybridized carbons (Fsp3) is 0.600. The van der Waals surface area contributed by atoms with Crippen LogP contribution in [0.1, 0.15) is 20.3 Å². The number of hydrogen-bond acceptors (Lipinski definition) is 4. The SMILES string of the molecule is CC1CN(S(=O)(=O)NCCCOc2ccc(Cl)cc2Cl)CC(C)O1. The average Bonchev–Trinajstić information content (AvgIpc) is 2.48. The summed E-state index contributed by atoms with van der Waals surface area (Å²) in [4.78, 5) is 0. The lowest BCUT2D eigenvalue weighted by Crippen LogP contribution is -2.52. The van der Waals surface area contributed by atoms with Gasteiger partial charge >= 0.3 is 0 Å². The van der Waals surface area contributed by atoms with Gasteiger partial charge in [0.25, 0.3) is 10.2 Å². The Hall–Kier alpha value is -0.570. The van der Waals surface area contributed by atoms with E-state index in [1.54, 1.807) is 18.2 Å². The van der Waals surface area contributed by atoms with Gasteiger partial charge in [0.2, 0.25) is 0 Å². The summed E-state index contributed by atoms with van der Waals surface area (Å²) in [6.07, 6.45) is 0.301. The van der Waals surface area contributed by atoms with Crippen molar-refractivity contribution in [2.24, 2.45) is 0 Å². The molecule has 2 atom stereocenters. The molecule has 0 amide bonds. The van der Waals surface area contributed by atoms with Crippen molar-refractivity contribution in [1.82, 2.24) is 9.03 Å². The van der Waals surface area contributed by atoms with Crippen molar-refractivity contribution in [3.8, 4) is 5.75 Å². The summed E-state index contributed by atoms with van der Waals surface area (Å²) in [6.45, 7) is 5.07. The van der Waals surface area contributed by atoms with E-state index in [0.717, 1.165) is 0 Å². The molecule has 1 saturated heterocycles. The molecule has 1 N–H and O–H groups in total. The van der Waals surface area contributed by atoms with E-state index in [1.807, 2.05) is 13.8 Å². The Morgan fingerprint density at radius 1 is 1.29 bits per heavy atom. The third-order valence-electron chi connectivity index (χ3n) is 3.48. The molecule has 0 radical (unpaired) electrons. The van der Waals surface area contributed by atoms with Crippen molar-refractivity contribution >= 4 is 33.4 Å².